The van der Waals surface area contributed by atoms with E-state index in [9.17, 15) is 14.0 Å². The molecule has 1 aromatic rings. The monoisotopic (exact) mass is 421 g/mol. The first-order chi connectivity index (χ1) is 14.2. The summed E-state index contributed by atoms with van der Waals surface area (Å²) in [5, 5.41) is 2.63. The van der Waals surface area contributed by atoms with Crippen LogP contribution in [0.1, 0.15) is 33.6 Å². The van der Waals surface area contributed by atoms with Gasteiger partial charge in [-0.3, -0.25) is 9.69 Å². The van der Waals surface area contributed by atoms with Crippen molar-refractivity contribution in [3.05, 3.63) is 24.0 Å². The number of ether oxygens (including phenoxy) is 3. The lowest BCUT2D eigenvalue weighted by Gasteiger charge is -2.39. The molecular formula is C21H28FN3O5. The Morgan fingerprint density at radius 2 is 2.03 bits per heavy atom. The molecule has 0 aliphatic carbocycles. The number of benzene rings is 1. The Labute approximate surface area is 175 Å². The number of carbonyl (C=O) groups excluding carboxylic acids is 2. The first-order valence-corrected chi connectivity index (χ1v) is 10.3. The molecule has 3 fully saturated rings. The Kier molecular flexibility index (Phi) is 5.36. The number of nitrogens with zero attached hydrogens (tertiary/aromatic N) is 2. The minimum absolute atomic E-state index is 0.194. The second-order valence-electron chi connectivity index (χ2n) is 8.74. The summed E-state index contributed by atoms with van der Waals surface area (Å²) in [5.74, 6) is -1.16. The lowest BCUT2D eigenvalue weighted by Crippen LogP contribution is -2.46. The molecule has 0 bridgehead atoms. The number of cyclic esters (lactones) is 1. The van der Waals surface area contributed by atoms with Crippen LogP contribution >= 0.6 is 0 Å². The van der Waals surface area contributed by atoms with Crippen molar-refractivity contribution in [2.75, 3.05) is 42.6 Å². The number of amides is 2. The highest BCUT2D eigenvalue weighted by Gasteiger charge is 2.47. The van der Waals surface area contributed by atoms with Crippen LogP contribution in [0.15, 0.2) is 18.2 Å². The largest absolute Gasteiger partial charge is 0.442 e. The quantitative estimate of drug-likeness (QED) is 0.804. The fraction of sp³-hybridized carbons (Fsp3) is 0.619. The molecular weight excluding hydrogens is 393 g/mol. The molecule has 0 aromatic heterocycles. The van der Waals surface area contributed by atoms with Crippen LogP contribution in [0.3, 0.4) is 0 Å². The van der Waals surface area contributed by atoms with Crippen molar-refractivity contribution in [2.45, 2.75) is 51.1 Å². The van der Waals surface area contributed by atoms with Gasteiger partial charge in [0.25, 0.3) is 0 Å². The van der Waals surface area contributed by atoms with Crippen molar-refractivity contribution in [2.24, 2.45) is 0 Å². The van der Waals surface area contributed by atoms with Crippen molar-refractivity contribution in [3.8, 4) is 0 Å². The van der Waals surface area contributed by atoms with Crippen LogP contribution in [-0.2, 0) is 19.0 Å². The van der Waals surface area contributed by atoms with Crippen molar-refractivity contribution in [3.63, 3.8) is 0 Å². The van der Waals surface area contributed by atoms with E-state index >= 15 is 0 Å². The van der Waals surface area contributed by atoms with Crippen LogP contribution in [0.5, 0.6) is 0 Å². The molecule has 8 nitrogen and oxygen atoms in total. The van der Waals surface area contributed by atoms with Gasteiger partial charge in [-0.2, -0.15) is 0 Å². The number of nitrogens with one attached hydrogen (secondary N) is 1. The van der Waals surface area contributed by atoms with E-state index in [4.69, 9.17) is 14.2 Å². The standard InChI is InChI=1S/C21H28FN3O5/c1-14(26)23-11-16-12-25(19(27)29-16)15-4-5-18(17(22)10-15)24-8-6-21(7-9-24)28-13-20(2,3)30-21/h4-5,10,16H,6-9,11-13H2,1-3H3,(H,23,26)/t16-/m0/s1. The maximum Gasteiger partial charge on any atom is 0.414 e. The second kappa shape index (κ2) is 7.70. The van der Waals surface area contributed by atoms with Gasteiger partial charge in [-0.05, 0) is 32.0 Å². The summed E-state index contributed by atoms with van der Waals surface area (Å²) < 4.78 is 32.2. The van der Waals surface area contributed by atoms with E-state index in [1.165, 1.54) is 17.9 Å². The second-order valence-corrected chi connectivity index (χ2v) is 8.74. The number of hydrogen-bond acceptors (Lipinski definition) is 6. The van der Waals surface area contributed by atoms with Gasteiger partial charge in [-0.25, -0.2) is 9.18 Å². The van der Waals surface area contributed by atoms with Gasteiger partial charge < -0.3 is 24.4 Å². The molecule has 3 aliphatic rings. The Hall–Kier alpha value is -2.39. The molecule has 1 spiro atoms. The molecule has 2 amide bonds. The van der Waals surface area contributed by atoms with Crippen LogP contribution in [0, 0.1) is 5.82 Å². The van der Waals surface area contributed by atoms with Crippen LogP contribution in [0.2, 0.25) is 0 Å². The number of rotatable bonds is 4. The average molecular weight is 421 g/mol. The Bertz CT molecular complexity index is 838. The zero-order valence-corrected chi connectivity index (χ0v) is 17.6. The fourth-order valence-corrected chi connectivity index (χ4v) is 4.22. The van der Waals surface area contributed by atoms with Gasteiger partial charge in [-0.1, -0.05) is 0 Å². The predicted molar refractivity (Wildman–Crippen MR) is 108 cm³/mol. The van der Waals surface area contributed by atoms with E-state index in [0.717, 1.165) is 0 Å². The Balaban J connectivity index is 1.39. The third kappa shape index (κ3) is 4.22. The molecule has 9 heteroatoms. The number of carbonyl (C=O) groups is 2. The van der Waals surface area contributed by atoms with E-state index < -0.39 is 23.8 Å². The number of anilines is 2. The van der Waals surface area contributed by atoms with Crippen LogP contribution in [-0.4, -0.2) is 62.3 Å². The van der Waals surface area contributed by atoms with Crippen LogP contribution in [0.4, 0.5) is 20.6 Å². The van der Waals surface area contributed by atoms with Crippen LogP contribution < -0.4 is 15.1 Å². The lowest BCUT2D eigenvalue weighted by molar-refractivity contribution is -0.192. The molecule has 1 aromatic carbocycles. The van der Waals surface area contributed by atoms with Gasteiger partial charge in [-0.15, -0.1) is 0 Å². The molecule has 30 heavy (non-hydrogen) atoms. The molecule has 3 heterocycles. The summed E-state index contributed by atoms with van der Waals surface area (Å²) in [6.07, 6.45) is 0.329. The maximum atomic E-state index is 14.9. The average Bonchev–Trinajstić information content (AvgIpc) is 3.20. The normalized spacial score (nSPS) is 24.9. The van der Waals surface area contributed by atoms with E-state index in [0.29, 0.717) is 43.9 Å². The Morgan fingerprint density at radius 1 is 1.30 bits per heavy atom. The summed E-state index contributed by atoms with van der Waals surface area (Å²) in [4.78, 5) is 26.6. The molecule has 3 aliphatic heterocycles. The van der Waals surface area contributed by atoms with Gasteiger partial charge in [0.15, 0.2) is 5.79 Å². The number of hydrogen-bond donors (Lipinski definition) is 1. The van der Waals surface area contributed by atoms with Gasteiger partial charge in [0.1, 0.15) is 11.9 Å². The molecule has 0 unspecified atom stereocenters. The third-order valence-corrected chi connectivity index (χ3v) is 5.71. The van der Waals surface area contributed by atoms with E-state index in [1.807, 2.05) is 18.7 Å². The minimum Gasteiger partial charge on any atom is -0.442 e. The predicted octanol–water partition coefficient (Wildman–Crippen LogP) is 2.41. The van der Waals surface area contributed by atoms with E-state index in [-0.39, 0.29) is 24.6 Å². The van der Waals surface area contributed by atoms with Gasteiger partial charge in [0, 0.05) is 32.9 Å². The molecule has 1 atom stereocenters. The van der Waals surface area contributed by atoms with Crippen molar-refractivity contribution >= 4 is 23.4 Å². The summed E-state index contributed by atoms with van der Waals surface area (Å²) in [6.45, 7) is 7.71. The SMILES string of the molecule is CC(=O)NC[C@H]1CN(c2ccc(N3CCC4(CC3)OCC(C)(C)O4)c(F)c2)C(=O)O1. The summed E-state index contributed by atoms with van der Waals surface area (Å²) in [5.41, 5.74) is 0.634. The van der Waals surface area contributed by atoms with Crippen molar-refractivity contribution in [1.82, 2.24) is 5.32 Å². The third-order valence-electron chi connectivity index (χ3n) is 5.71. The first kappa shape index (κ1) is 20.9. The van der Waals surface area contributed by atoms with Gasteiger partial charge >= 0.3 is 6.09 Å². The Morgan fingerprint density at radius 3 is 2.63 bits per heavy atom. The molecule has 164 valence electrons. The molecule has 3 saturated heterocycles. The maximum absolute atomic E-state index is 14.9. The van der Waals surface area contributed by atoms with Gasteiger partial charge in [0.2, 0.25) is 5.91 Å². The molecule has 0 saturated carbocycles. The van der Waals surface area contributed by atoms with Crippen molar-refractivity contribution < 1.29 is 28.2 Å². The zero-order chi connectivity index (χ0) is 21.5. The molecule has 1 N–H and O–H groups in total. The molecule has 4 rings (SSSR count). The summed E-state index contributed by atoms with van der Waals surface area (Å²) >= 11 is 0. The van der Waals surface area contributed by atoms with Gasteiger partial charge in [0.05, 0.1) is 36.7 Å². The van der Waals surface area contributed by atoms with Crippen molar-refractivity contribution in [1.29, 1.82) is 0 Å². The van der Waals surface area contributed by atoms with Crippen LogP contribution in [0.25, 0.3) is 0 Å². The van der Waals surface area contributed by atoms with E-state index in [1.54, 1.807) is 12.1 Å². The highest BCUT2D eigenvalue weighted by atomic mass is 19.1. The van der Waals surface area contributed by atoms with E-state index in [2.05, 4.69) is 5.32 Å². The highest BCUT2D eigenvalue weighted by Crippen LogP contribution is 2.40. The number of halogens is 1. The first-order valence-electron chi connectivity index (χ1n) is 10.3. The summed E-state index contributed by atoms with van der Waals surface area (Å²) in [7, 11) is 0. The minimum atomic E-state index is -0.571. The lowest BCUT2D eigenvalue weighted by atomic mass is 10.0. The zero-order valence-electron chi connectivity index (χ0n) is 17.6. The topological polar surface area (TPSA) is 80.3 Å². The fourth-order valence-electron chi connectivity index (χ4n) is 4.22. The summed E-state index contributed by atoms with van der Waals surface area (Å²) in [6, 6.07) is 4.77. The molecule has 0 radical (unpaired) electrons. The highest BCUT2D eigenvalue weighted by molar-refractivity contribution is 5.90. The number of piperidine rings is 1. The smallest absolute Gasteiger partial charge is 0.414 e.